The average Bonchev–Trinajstić information content (AvgIpc) is 2.82. The molecule has 0 bridgehead atoms. The lowest BCUT2D eigenvalue weighted by Crippen LogP contribution is -2.16. The van der Waals surface area contributed by atoms with Gasteiger partial charge in [0.1, 0.15) is 11.5 Å². The van der Waals surface area contributed by atoms with E-state index < -0.39 is 5.97 Å². The van der Waals surface area contributed by atoms with Crippen LogP contribution in [0.2, 0.25) is 0 Å². The molecule has 2 N–H and O–H groups in total. The Balaban J connectivity index is 0.00000137. The van der Waals surface area contributed by atoms with Gasteiger partial charge in [-0.2, -0.15) is 0 Å². The first-order chi connectivity index (χ1) is 16.1. The molecule has 0 aliphatic carbocycles. The van der Waals surface area contributed by atoms with Gasteiger partial charge in [-0.1, -0.05) is 72.2 Å². The fourth-order valence-electron chi connectivity index (χ4n) is 3.00. The Kier molecular flexibility index (Phi) is 11.0. The predicted octanol–water partition coefficient (Wildman–Crippen LogP) is 8.09. The van der Waals surface area contributed by atoms with E-state index >= 15 is 0 Å². The van der Waals surface area contributed by atoms with Crippen molar-refractivity contribution < 1.29 is 19.4 Å². The molecule has 0 fully saturated rings. The molecule has 3 aromatic carbocycles. The topological polar surface area (TPSA) is 75.6 Å². The smallest absolute Gasteiger partial charge is 0.335 e. The number of carboxylic acid groups (broad SMARTS) is 1. The first kappa shape index (κ1) is 28.4. The molecular weight excluding hydrogens is 426 g/mol. The van der Waals surface area contributed by atoms with Crippen LogP contribution in [0.5, 0.6) is 11.5 Å². The Morgan fingerprint density at radius 2 is 1.32 bits per heavy atom. The molecule has 0 unspecified atom stereocenters. The predicted molar refractivity (Wildman–Crippen MR) is 140 cm³/mol. The van der Waals surface area contributed by atoms with E-state index in [0.29, 0.717) is 22.7 Å². The van der Waals surface area contributed by atoms with Crippen molar-refractivity contribution in [3.05, 3.63) is 89.0 Å². The lowest BCUT2D eigenvalue weighted by Gasteiger charge is -2.23. The van der Waals surface area contributed by atoms with Gasteiger partial charge in [-0.05, 0) is 60.9 Å². The van der Waals surface area contributed by atoms with Crippen molar-refractivity contribution in [3.8, 4) is 11.5 Å². The van der Waals surface area contributed by atoms with Crippen molar-refractivity contribution in [2.45, 2.75) is 60.8 Å². The maximum Gasteiger partial charge on any atom is 0.335 e. The van der Waals surface area contributed by atoms with Crippen LogP contribution in [-0.4, -0.2) is 17.0 Å². The minimum Gasteiger partial charge on any atom is -0.478 e. The summed E-state index contributed by atoms with van der Waals surface area (Å²) in [5.74, 6) is 0.0176. The zero-order valence-electron chi connectivity index (χ0n) is 21.5. The number of benzene rings is 3. The van der Waals surface area contributed by atoms with Gasteiger partial charge in [0.05, 0.1) is 5.56 Å². The lowest BCUT2D eigenvalue weighted by molar-refractivity contribution is 0.0696. The molecular formula is C29H37NO4. The molecule has 5 nitrogen and oxygen atoms in total. The van der Waals surface area contributed by atoms with Gasteiger partial charge in [-0.3, -0.25) is 4.79 Å². The molecule has 0 saturated heterocycles. The number of aromatic carboxylic acids is 1. The van der Waals surface area contributed by atoms with Crippen LogP contribution in [0.1, 0.15) is 80.3 Å². The number of rotatable bonds is 5. The van der Waals surface area contributed by atoms with Crippen molar-refractivity contribution in [2.75, 3.05) is 5.32 Å². The van der Waals surface area contributed by atoms with Gasteiger partial charge in [0, 0.05) is 16.8 Å². The average molecular weight is 464 g/mol. The largest absolute Gasteiger partial charge is 0.478 e. The normalized spacial score (nSPS) is 10.1. The van der Waals surface area contributed by atoms with Crippen molar-refractivity contribution >= 4 is 17.6 Å². The summed E-state index contributed by atoms with van der Waals surface area (Å²) in [5, 5.41) is 11.8. The molecule has 1 amide bonds. The lowest BCUT2D eigenvalue weighted by atomic mass is 9.85. The Hall–Kier alpha value is -3.60. The Morgan fingerprint density at radius 3 is 1.82 bits per heavy atom. The van der Waals surface area contributed by atoms with Crippen LogP contribution in [0.25, 0.3) is 0 Å². The number of anilines is 1. The molecule has 5 heteroatoms. The van der Waals surface area contributed by atoms with E-state index in [0.717, 1.165) is 11.1 Å². The summed E-state index contributed by atoms with van der Waals surface area (Å²) in [6.07, 6.45) is 0. The number of ether oxygens (including phenoxy) is 1. The molecule has 0 heterocycles. The first-order valence-electron chi connectivity index (χ1n) is 11.7. The monoisotopic (exact) mass is 463 g/mol. The molecule has 0 atom stereocenters. The number of aryl methyl sites for hydroxylation is 1. The number of hydrogen-bond donors (Lipinski definition) is 2. The maximum atomic E-state index is 12.8. The number of amides is 1. The Bertz CT molecular complexity index is 1060. The van der Waals surface area contributed by atoms with E-state index in [9.17, 15) is 9.59 Å². The van der Waals surface area contributed by atoms with Gasteiger partial charge in [0.25, 0.3) is 5.91 Å². The number of carbonyl (C=O) groups is 2. The molecule has 0 saturated carbocycles. The molecule has 34 heavy (non-hydrogen) atoms. The third-order valence-electron chi connectivity index (χ3n) is 4.69. The summed E-state index contributed by atoms with van der Waals surface area (Å²) in [5.41, 5.74) is 3.10. The van der Waals surface area contributed by atoms with Crippen molar-refractivity contribution in [2.24, 2.45) is 0 Å². The zero-order valence-corrected chi connectivity index (χ0v) is 21.5. The summed E-state index contributed by atoms with van der Waals surface area (Å²) >= 11 is 0. The Morgan fingerprint density at radius 1 is 0.794 bits per heavy atom. The van der Waals surface area contributed by atoms with E-state index in [1.165, 1.54) is 12.1 Å². The van der Waals surface area contributed by atoms with Crippen LogP contribution in [0.15, 0.2) is 66.7 Å². The highest BCUT2D eigenvalue weighted by molar-refractivity contribution is 6.04. The van der Waals surface area contributed by atoms with Gasteiger partial charge in [0.2, 0.25) is 0 Å². The van der Waals surface area contributed by atoms with Gasteiger partial charge >= 0.3 is 5.97 Å². The van der Waals surface area contributed by atoms with E-state index in [1.807, 2.05) is 65.0 Å². The highest BCUT2D eigenvalue weighted by Crippen LogP contribution is 2.35. The summed E-state index contributed by atoms with van der Waals surface area (Å²) in [6.45, 7) is 16.3. The second-order valence-electron chi connectivity index (χ2n) is 8.21. The van der Waals surface area contributed by atoms with Crippen molar-refractivity contribution in [1.29, 1.82) is 0 Å². The second kappa shape index (κ2) is 13.2. The van der Waals surface area contributed by atoms with E-state index in [-0.39, 0.29) is 16.9 Å². The number of carbonyl (C=O) groups excluding carboxylic acids is 1. The summed E-state index contributed by atoms with van der Waals surface area (Å²) in [7, 11) is 0. The van der Waals surface area contributed by atoms with Gasteiger partial charge in [0.15, 0.2) is 0 Å². The molecule has 0 aromatic heterocycles. The van der Waals surface area contributed by atoms with E-state index in [1.54, 1.807) is 24.3 Å². The van der Waals surface area contributed by atoms with Gasteiger partial charge < -0.3 is 15.2 Å². The molecule has 0 aliphatic heterocycles. The summed E-state index contributed by atoms with van der Waals surface area (Å²) < 4.78 is 6.13. The van der Waals surface area contributed by atoms with Crippen molar-refractivity contribution in [1.82, 2.24) is 0 Å². The fraction of sp³-hybridized carbons (Fsp3) is 0.310. The SMILES string of the molecule is CC.CC.Cc1ccc(Oc2cc(C(=O)Nc3ccc(C(=O)O)cc3)ccc2C(C)(C)C)cc1. The molecule has 3 rings (SSSR count). The van der Waals surface area contributed by atoms with Crippen LogP contribution >= 0.6 is 0 Å². The van der Waals surface area contributed by atoms with Gasteiger partial charge in [-0.25, -0.2) is 4.79 Å². The summed E-state index contributed by atoms with van der Waals surface area (Å²) in [4.78, 5) is 23.7. The first-order valence-corrected chi connectivity index (χ1v) is 11.7. The van der Waals surface area contributed by atoms with E-state index in [2.05, 4.69) is 26.1 Å². The number of nitrogens with one attached hydrogen (secondary N) is 1. The minimum atomic E-state index is -1.01. The van der Waals surface area contributed by atoms with Crippen LogP contribution in [0.4, 0.5) is 5.69 Å². The summed E-state index contributed by atoms with van der Waals surface area (Å²) in [6, 6.07) is 19.2. The molecule has 3 aromatic rings. The number of hydrogen-bond acceptors (Lipinski definition) is 3. The second-order valence-corrected chi connectivity index (χ2v) is 8.21. The minimum absolute atomic E-state index is 0.163. The van der Waals surface area contributed by atoms with Crippen LogP contribution in [0.3, 0.4) is 0 Å². The van der Waals surface area contributed by atoms with Crippen molar-refractivity contribution in [3.63, 3.8) is 0 Å². The number of carboxylic acids is 1. The fourth-order valence-corrected chi connectivity index (χ4v) is 3.00. The standard InChI is InChI=1S/C25H25NO4.2C2H6/c1-16-5-12-20(13-6-16)30-22-15-18(9-14-21(22)25(2,3)4)23(27)26-19-10-7-17(8-11-19)24(28)29;2*1-2/h5-15H,1-4H3,(H,26,27)(H,28,29);2*1-2H3. The van der Waals surface area contributed by atoms with E-state index in [4.69, 9.17) is 9.84 Å². The molecule has 0 spiro atoms. The third-order valence-corrected chi connectivity index (χ3v) is 4.69. The highest BCUT2D eigenvalue weighted by Gasteiger charge is 2.21. The van der Waals surface area contributed by atoms with Crippen LogP contribution in [0, 0.1) is 6.92 Å². The molecule has 0 aliphatic rings. The molecule has 0 radical (unpaired) electrons. The zero-order chi connectivity index (χ0) is 25.9. The maximum absolute atomic E-state index is 12.8. The quantitative estimate of drug-likeness (QED) is 0.401. The van der Waals surface area contributed by atoms with Crippen LogP contribution in [-0.2, 0) is 5.41 Å². The van der Waals surface area contributed by atoms with Gasteiger partial charge in [-0.15, -0.1) is 0 Å². The molecule has 182 valence electrons. The van der Waals surface area contributed by atoms with Crippen LogP contribution < -0.4 is 10.1 Å². The third kappa shape index (κ3) is 8.07. The highest BCUT2D eigenvalue weighted by atomic mass is 16.5. The Labute approximate surface area is 203 Å².